The largest absolute Gasteiger partial charge is 0.493 e. The smallest absolute Gasteiger partial charge is 0.161 e. The Morgan fingerprint density at radius 3 is 2.69 bits per heavy atom. The van der Waals surface area contributed by atoms with Crippen molar-refractivity contribution in [3.63, 3.8) is 0 Å². The summed E-state index contributed by atoms with van der Waals surface area (Å²) in [6.45, 7) is 3.90. The molecule has 1 aromatic rings. The number of rotatable bonds is 4. The van der Waals surface area contributed by atoms with Crippen molar-refractivity contribution in [2.45, 2.75) is 0 Å². The molecular weight excluding hydrogens is 164 g/mol. The van der Waals surface area contributed by atoms with Crippen LogP contribution in [0.25, 0.3) is 0 Å². The van der Waals surface area contributed by atoms with Crippen LogP contribution in [0.4, 0.5) is 0 Å². The molecule has 0 saturated carbocycles. The average Bonchev–Trinajstić information content (AvgIpc) is 2.19. The van der Waals surface area contributed by atoms with E-state index in [9.17, 15) is 0 Å². The first kappa shape index (κ1) is 9.43. The average molecular weight is 176 g/mol. The van der Waals surface area contributed by atoms with Gasteiger partial charge in [-0.3, -0.25) is 0 Å². The van der Waals surface area contributed by atoms with Gasteiger partial charge in [-0.25, -0.2) is 0 Å². The molecule has 13 heavy (non-hydrogen) atoms. The fraction of sp³-hybridized carbons (Fsp3) is 0.182. The molecule has 2 nitrogen and oxygen atoms in total. The maximum Gasteiger partial charge on any atom is 0.161 e. The monoisotopic (exact) mass is 176 g/mol. The van der Waals surface area contributed by atoms with Crippen molar-refractivity contribution in [2.75, 3.05) is 13.7 Å². The molecule has 0 aromatic heterocycles. The first-order valence-corrected chi connectivity index (χ1v) is 3.98. The molecule has 0 amide bonds. The van der Waals surface area contributed by atoms with Gasteiger partial charge in [0.05, 0.1) is 7.11 Å². The van der Waals surface area contributed by atoms with Gasteiger partial charge in [0.25, 0.3) is 0 Å². The predicted molar refractivity (Wildman–Crippen MR) is 52.2 cm³/mol. The van der Waals surface area contributed by atoms with Crippen LogP contribution in [0.3, 0.4) is 0 Å². The maximum absolute atomic E-state index is 5.39. The van der Waals surface area contributed by atoms with Crippen LogP contribution < -0.4 is 9.47 Å². The summed E-state index contributed by atoms with van der Waals surface area (Å²) in [6, 6.07) is 7.51. The number of hydrogen-bond acceptors (Lipinski definition) is 2. The minimum absolute atomic E-state index is 0.462. The van der Waals surface area contributed by atoms with Gasteiger partial charge < -0.3 is 9.47 Å². The van der Waals surface area contributed by atoms with Gasteiger partial charge in [0.1, 0.15) is 6.61 Å². The summed E-state index contributed by atoms with van der Waals surface area (Å²) in [5, 5.41) is 0. The van der Waals surface area contributed by atoms with E-state index in [4.69, 9.17) is 9.47 Å². The summed E-state index contributed by atoms with van der Waals surface area (Å²) in [5.41, 5.74) is 2.63. The van der Waals surface area contributed by atoms with Crippen molar-refractivity contribution in [3.8, 4) is 11.5 Å². The van der Waals surface area contributed by atoms with E-state index in [1.165, 1.54) is 0 Å². The standard InChI is InChI=1S/C11H12O2/c1-3-4-9-13-11-8-6-5-7-10(11)12-2/h4-8H,1,9H2,2H3. The molecule has 0 fully saturated rings. The molecule has 0 aliphatic heterocycles. The second-order valence-corrected chi connectivity index (χ2v) is 2.37. The fourth-order valence-electron chi connectivity index (χ4n) is 0.928. The highest BCUT2D eigenvalue weighted by Crippen LogP contribution is 2.25. The van der Waals surface area contributed by atoms with Gasteiger partial charge in [-0.2, -0.15) is 0 Å². The zero-order valence-corrected chi connectivity index (χ0v) is 7.62. The second kappa shape index (κ2) is 5.07. The first-order valence-electron chi connectivity index (χ1n) is 3.98. The normalized spacial score (nSPS) is 8.69. The Kier molecular flexibility index (Phi) is 3.68. The first-order chi connectivity index (χ1) is 6.38. The lowest BCUT2D eigenvalue weighted by Gasteiger charge is -2.07. The van der Waals surface area contributed by atoms with E-state index in [1.807, 2.05) is 24.3 Å². The number of methoxy groups -OCH3 is 1. The van der Waals surface area contributed by atoms with E-state index in [1.54, 1.807) is 13.2 Å². The molecule has 0 aliphatic rings. The van der Waals surface area contributed by atoms with Crippen LogP contribution in [-0.4, -0.2) is 13.7 Å². The highest BCUT2D eigenvalue weighted by molar-refractivity contribution is 5.39. The van der Waals surface area contributed by atoms with Crippen molar-refractivity contribution in [3.05, 3.63) is 42.7 Å². The highest BCUT2D eigenvalue weighted by Gasteiger charge is 1.99. The number of benzene rings is 1. The third-order valence-electron chi connectivity index (χ3n) is 1.54. The van der Waals surface area contributed by atoms with Crippen LogP contribution in [0.5, 0.6) is 11.5 Å². The Hall–Kier alpha value is -1.66. The van der Waals surface area contributed by atoms with E-state index in [2.05, 4.69) is 12.3 Å². The molecule has 0 spiro atoms. The maximum atomic E-state index is 5.39. The van der Waals surface area contributed by atoms with E-state index in [0.29, 0.717) is 6.61 Å². The van der Waals surface area contributed by atoms with Gasteiger partial charge in [-0.15, -0.1) is 5.73 Å². The Morgan fingerprint density at radius 1 is 1.38 bits per heavy atom. The molecule has 0 unspecified atom stereocenters. The SMILES string of the molecule is C=C=CCOc1ccccc1OC. The molecule has 0 bridgehead atoms. The zero-order valence-electron chi connectivity index (χ0n) is 7.62. The molecule has 0 atom stereocenters. The second-order valence-electron chi connectivity index (χ2n) is 2.37. The third-order valence-corrected chi connectivity index (χ3v) is 1.54. The van der Waals surface area contributed by atoms with Gasteiger partial charge in [0.15, 0.2) is 11.5 Å². The summed E-state index contributed by atoms with van der Waals surface area (Å²) in [4.78, 5) is 0. The van der Waals surface area contributed by atoms with Crippen LogP contribution in [-0.2, 0) is 0 Å². The molecular formula is C11H12O2. The Bertz CT molecular complexity index is 312. The minimum Gasteiger partial charge on any atom is -0.493 e. The Morgan fingerprint density at radius 2 is 2.08 bits per heavy atom. The van der Waals surface area contributed by atoms with E-state index in [0.717, 1.165) is 11.5 Å². The summed E-state index contributed by atoms with van der Waals surface area (Å²) in [5.74, 6) is 1.47. The van der Waals surface area contributed by atoms with Crippen molar-refractivity contribution in [2.24, 2.45) is 0 Å². The molecule has 2 heteroatoms. The van der Waals surface area contributed by atoms with Gasteiger partial charge in [0, 0.05) is 0 Å². The molecule has 0 radical (unpaired) electrons. The lowest BCUT2D eigenvalue weighted by atomic mass is 10.3. The molecule has 0 aliphatic carbocycles. The lowest BCUT2D eigenvalue weighted by molar-refractivity contribution is 0.326. The Labute approximate surface area is 78.1 Å². The minimum atomic E-state index is 0.462. The number of ether oxygens (including phenoxy) is 2. The van der Waals surface area contributed by atoms with Gasteiger partial charge in [-0.1, -0.05) is 18.7 Å². The van der Waals surface area contributed by atoms with Crippen LogP contribution in [0.15, 0.2) is 42.7 Å². The molecule has 68 valence electrons. The van der Waals surface area contributed by atoms with Crippen LogP contribution in [0, 0.1) is 0 Å². The quantitative estimate of drug-likeness (QED) is 0.656. The summed E-state index contributed by atoms with van der Waals surface area (Å²) < 4.78 is 10.5. The summed E-state index contributed by atoms with van der Waals surface area (Å²) >= 11 is 0. The number of para-hydroxylation sites is 2. The summed E-state index contributed by atoms with van der Waals surface area (Å²) in [6.07, 6.45) is 1.71. The van der Waals surface area contributed by atoms with Crippen molar-refractivity contribution >= 4 is 0 Å². The number of hydrogen-bond donors (Lipinski definition) is 0. The van der Waals surface area contributed by atoms with Crippen molar-refractivity contribution in [1.29, 1.82) is 0 Å². The van der Waals surface area contributed by atoms with Crippen LogP contribution in [0.2, 0.25) is 0 Å². The predicted octanol–water partition coefficient (Wildman–Crippen LogP) is 2.42. The third kappa shape index (κ3) is 2.69. The summed E-state index contributed by atoms with van der Waals surface area (Å²) in [7, 11) is 1.62. The topological polar surface area (TPSA) is 18.5 Å². The van der Waals surface area contributed by atoms with Crippen LogP contribution >= 0.6 is 0 Å². The van der Waals surface area contributed by atoms with Crippen molar-refractivity contribution < 1.29 is 9.47 Å². The van der Waals surface area contributed by atoms with Crippen LogP contribution in [0.1, 0.15) is 0 Å². The van der Waals surface area contributed by atoms with Gasteiger partial charge in [0.2, 0.25) is 0 Å². The zero-order chi connectivity index (χ0) is 9.52. The lowest BCUT2D eigenvalue weighted by Crippen LogP contribution is -1.95. The molecule has 0 saturated heterocycles. The molecule has 0 N–H and O–H groups in total. The molecule has 0 heterocycles. The molecule has 1 aromatic carbocycles. The van der Waals surface area contributed by atoms with E-state index in [-0.39, 0.29) is 0 Å². The van der Waals surface area contributed by atoms with E-state index >= 15 is 0 Å². The Balaban J connectivity index is 2.69. The van der Waals surface area contributed by atoms with E-state index < -0.39 is 0 Å². The molecule has 1 rings (SSSR count). The fourth-order valence-corrected chi connectivity index (χ4v) is 0.928. The van der Waals surface area contributed by atoms with Crippen molar-refractivity contribution in [1.82, 2.24) is 0 Å². The van der Waals surface area contributed by atoms with Gasteiger partial charge >= 0.3 is 0 Å². The highest BCUT2D eigenvalue weighted by atomic mass is 16.5. The van der Waals surface area contributed by atoms with Gasteiger partial charge in [-0.05, 0) is 18.2 Å².